The van der Waals surface area contributed by atoms with E-state index in [9.17, 15) is 9.59 Å². The number of benzene rings is 1. The fraction of sp³-hybridized carbons (Fsp3) is 0.389. The molecule has 1 saturated heterocycles. The third-order valence-corrected chi connectivity index (χ3v) is 4.22. The Labute approximate surface area is 150 Å². The summed E-state index contributed by atoms with van der Waals surface area (Å²) in [4.78, 5) is 25.1. The number of aromatic nitrogens is 2. The van der Waals surface area contributed by atoms with Gasteiger partial charge in [-0.15, -0.1) is 0 Å². The number of methoxy groups -OCH3 is 1. The zero-order valence-electron chi connectivity index (χ0n) is 14.7. The fourth-order valence-electron chi connectivity index (χ4n) is 2.94. The van der Waals surface area contributed by atoms with Gasteiger partial charge < -0.3 is 19.5 Å². The van der Waals surface area contributed by atoms with E-state index in [1.165, 1.54) is 0 Å². The second kappa shape index (κ2) is 7.57. The number of carboxylic acid groups (broad SMARTS) is 1. The fourth-order valence-corrected chi connectivity index (χ4v) is 2.94. The molecule has 1 atom stereocenters. The number of morpholine rings is 1. The van der Waals surface area contributed by atoms with Gasteiger partial charge in [-0.3, -0.25) is 9.59 Å². The Kier molecular flexibility index (Phi) is 5.22. The van der Waals surface area contributed by atoms with Crippen molar-refractivity contribution in [2.24, 2.45) is 0 Å². The van der Waals surface area contributed by atoms with Gasteiger partial charge in [0.2, 0.25) is 0 Å². The Hall–Kier alpha value is -2.87. The molecule has 1 aromatic carbocycles. The van der Waals surface area contributed by atoms with Crippen molar-refractivity contribution in [3.63, 3.8) is 0 Å². The number of amides is 1. The minimum Gasteiger partial charge on any atom is -0.494 e. The van der Waals surface area contributed by atoms with Gasteiger partial charge in [0, 0.05) is 19.3 Å². The molecule has 1 amide bonds. The van der Waals surface area contributed by atoms with Crippen LogP contribution in [0.3, 0.4) is 0 Å². The maximum atomic E-state index is 12.7. The molecule has 1 N–H and O–H groups in total. The van der Waals surface area contributed by atoms with Gasteiger partial charge in [0.25, 0.3) is 5.91 Å². The maximum Gasteiger partial charge on any atom is 0.306 e. The summed E-state index contributed by atoms with van der Waals surface area (Å²) in [5.41, 5.74) is 2.09. The molecule has 0 saturated carbocycles. The number of carbonyl (C=O) groups excluding carboxylic acids is 1. The van der Waals surface area contributed by atoms with Gasteiger partial charge in [0.1, 0.15) is 11.4 Å². The van der Waals surface area contributed by atoms with E-state index in [0.29, 0.717) is 24.6 Å². The third-order valence-electron chi connectivity index (χ3n) is 4.22. The second-order valence-corrected chi connectivity index (χ2v) is 6.16. The Balaban J connectivity index is 1.78. The minimum absolute atomic E-state index is 0.126. The Morgan fingerprint density at radius 3 is 2.92 bits per heavy atom. The first kappa shape index (κ1) is 17.9. The lowest BCUT2D eigenvalue weighted by molar-refractivity contribution is -0.141. The van der Waals surface area contributed by atoms with Crippen molar-refractivity contribution in [3.05, 3.63) is 41.7 Å². The number of hydrogen-bond donors (Lipinski definition) is 1. The molecule has 0 radical (unpaired) electrons. The SMILES string of the molecule is COc1ccc(C)cc1-n1ccc(C(=O)N2CCO[C@@H](CC(=O)O)C2)n1. The van der Waals surface area contributed by atoms with E-state index in [1.807, 2.05) is 25.1 Å². The van der Waals surface area contributed by atoms with Gasteiger partial charge in [-0.25, -0.2) is 4.68 Å². The van der Waals surface area contributed by atoms with Crippen LogP contribution >= 0.6 is 0 Å². The summed E-state index contributed by atoms with van der Waals surface area (Å²) in [5.74, 6) is -0.528. The Morgan fingerprint density at radius 2 is 2.19 bits per heavy atom. The topological polar surface area (TPSA) is 93.9 Å². The largest absolute Gasteiger partial charge is 0.494 e. The van der Waals surface area contributed by atoms with Crippen LogP contribution in [-0.2, 0) is 9.53 Å². The van der Waals surface area contributed by atoms with Crippen LogP contribution in [-0.4, -0.2) is 64.6 Å². The number of rotatable bonds is 5. The van der Waals surface area contributed by atoms with Gasteiger partial charge in [0.15, 0.2) is 5.69 Å². The van der Waals surface area contributed by atoms with E-state index in [0.717, 1.165) is 11.3 Å². The van der Waals surface area contributed by atoms with Crippen LogP contribution in [0.4, 0.5) is 0 Å². The molecule has 1 aromatic heterocycles. The van der Waals surface area contributed by atoms with Crippen molar-refractivity contribution < 1.29 is 24.2 Å². The molecule has 0 unspecified atom stereocenters. The second-order valence-electron chi connectivity index (χ2n) is 6.16. The van der Waals surface area contributed by atoms with E-state index >= 15 is 0 Å². The van der Waals surface area contributed by atoms with Gasteiger partial charge in [0.05, 0.1) is 26.2 Å². The number of hydrogen-bond acceptors (Lipinski definition) is 5. The van der Waals surface area contributed by atoms with Crippen molar-refractivity contribution in [1.82, 2.24) is 14.7 Å². The highest BCUT2D eigenvalue weighted by atomic mass is 16.5. The summed E-state index contributed by atoms with van der Waals surface area (Å²) in [7, 11) is 1.58. The van der Waals surface area contributed by atoms with Crippen molar-refractivity contribution >= 4 is 11.9 Å². The van der Waals surface area contributed by atoms with Crippen molar-refractivity contribution in [2.45, 2.75) is 19.4 Å². The summed E-state index contributed by atoms with van der Waals surface area (Å²) >= 11 is 0. The average Bonchev–Trinajstić information content (AvgIpc) is 3.10. The highest BCUT2D eigenvalue weighted by molar-refractivity contribution is 5.92. The van der Waals surface area contributed by atoms with Crippen molar-refractivity contribution in [2.75, 3.05) is 26.8 Å². The lowest BCUT2D eigenvalue weighted by Gasteiger charge is -2.31. The Bertz CT molecular complexity index is 817. The molecule has 8 nitrogen and oxygen atoms in total. The number of carboxylic acids is 1. The monoisotopic (exact) mass is 359 g/mol. The zero-order chi connectivity index (χ0) is 18.7. The minimum atomic E-state index is -0.944. The molecule has 138 valence electrons. The van der Waals surface area contributed by atoms with E-state index in [1.54, 1.807) is 29.0 Å². The maximum absolute atomic E-state index is 12.7. The lowest BCUT2D eigenvalue weighted by atomic mass is 10.2. The average molecular weight is 359 g/mol. The Morgan fingerprint density at radius 1 is 1.38 bits per heavy atom. The lowest BCUT2D eigenvalue weighted by Crippen LogP contribution is -2.46. The number of aliphatic carboxylic acids is 1. The van der Waals surface area contributed by atoms with Crippen LogP contribution in [0.2, 0.25) is 0 Å². The number of aryl methyl sites for hydroxylation is 1. The zero-order valence-corrected chi connectivity index (χ0v) is 14.7. The molecule has 26 heavy (non-hydrogen) atoms. The summed E-state index contributed by atoms with van der Waals surface area (Å²) in [6, 6.07) is 7.37. The summed E-state index contributed by atoms with van der Waals surface area (Å²) in [6.45, 7) is 2.94. The van der Waals surface area contributed by atoms with E-state index in [-0.39, 0.29) is 18.9 Å². The predicted molar refractivity (Wildman–Crippen MR) is 92.7 cm³/mol. The van der Waals surface area contributed by atoms with Gasteiger partial charge in [-0.1, -0.05) is 6.07 Å². The van der Waals surface area contributed by atoms with Crippen LogP contribution < -0.4 is 4.74 Å². The van der Waals surface area contributed by atoms with Crippen LogP contribution in [0.1, 0.15) is 22.5 Å². The summed E-state index contributed by atoms with van der Waals surface area (Å²) in [6.07, 6.45) is 1.09. The standard InChI is InChI=1S/C18H21N3O5/c1-12-3-4-16(25-2)15(9-12)21-6-5-14(19-21)18(24)20-7-8-26-13(11-20)10-17(22)23/h3-6,9,13H,7-8,10-11H2,1-2H3,(H,22,23)/t13-/m0/s1. The molecule has 0 spiro atoms. The number of carbonyl (C=O) groups is 2. The normalized spacial score (nSPS) is 17.2. The van der Waals surface area contributed by atoms with Crippen LogP contribution in [0, 0.1) is 6.92 Å². The molecule has 2 aromatic rings. The third kappa shape index (κ3) is 3.85. The quantitative estimate of drug-likeness (QED) is 0.870. The molecule has 0 bridgehead atoms. The molecule has 2 heterocycles. The van der Waals surface area contributed by atoms with Crippen LogP contribution in [0.5, 0.6) is 5.75 Å². The van der Waals surface area contributed by atoms with Gasteiger partial charge in [-0.2, -0.15) is 5.10 Å². The molecule has 3 rings (SSSR count). The highest BCUT2D eigenvalue weighted by Crippen LogP contribution is 2.23. The first-order valence-electron chi connectivity index (χ1n) is 8.31. The first-order valence-corrected chi connectivity index (χ1v) is 8.31. The molecule has 1 aliphatic rings. The van der Waals surface area contributed by atoms with E-state index in [2.05, 4.69) is 5.10 Å². The summed E-state index contributed by atoms with van der Waals surface area (Å²) < 4.78 is 12.4. The van der Waals surface area contributed by atoms with Crippen molar-refractivity contribution in [3.8, 4) is 11.4 Å². The van der Waals surface area contributed by atoms with Gasteiger partial charge >= 0.3 is 5.97 Å². The molecular weight excluding hydrogens is 338 g/mol. The smallest absolute Gasteiger partial charge is 0.306 e. The molecule has 8 heteroatoms. The predicted octanol–water partition coefficient (Wildman–Crippen LogP) is 1.51. The first-order chi connectivity index (χ1) is 12.5. The highest BCUT2D eigenvalue weighted by Gasteiger charge is 2.27. The molecule has 1 aliphatic heterocycles. The number of ether oxygens (including phenoxy) is 2. The molecular formula is C18H21N3O5. The van der Waals surface area contributed by atoms with Crippen LogP contribution in [0.25, 0.3) is 5.69 Å². The van der Waals surface area contributed by atoms with Gasteiger partial charge in [-0.05, 0) is 30.7 Å². The van der Waals surface area contributed by atoms with Crippen LogP contribution in [0.15, 0.2) is 30.5 Å². The van der Waals surface area contributed by atoms with E-state index in [4.69, 9.17) is 14.6 Å². The number of nitrogens with zero attached hydrogens (tertiary/aromatic N) is 3. The molecule has 0 aliphatic carbocycles. The van der Waals surface area contributed by atoms with Crippen molar-refractivity contribution in [1.29, 1.82) is 0 Å². The molecule has 1 fully saturated rings. The van der Waals surface area contributed by atoms with E-state index < -0.39 is 12.1 Å². The summed E-state index contributed by atoms with van der Waals surface area (Å²) in [5, 5.41) is 13.3.